The molecule has 27 heavy (non-hydrogen) atoms. The molecule has 0 saturated carbocycles. The summed E-state index contributed by atoms with van der Waals surface area (Å²) in [6.45, 7) is 5.44. The van der Waals surface area contributed by atoms with Crippen molar-refractivity contribution < 1.29 is 19.4 Å². The molecule has 0 bridgehead atoms. The van der Waals surface area contributed by atoms with Crippen LogP contribution in [0.3, 0.4) is 0 Å². The number of aromatic carboxylic acids is 1. The van der Waals surface area contributed by atoms with Crippen LogP contribution in [-0.2, 0) is 4.79 Å². The quantitative estimate of drug-likeness (QED) is 0.770. The highest BCUT2D eigenvalue weighted by Crippen LogP contribution is 2.26. The summed E-state index contributed by atoms with van der Waals surface area (Å²) in [6, 6.07) is 6.61. The fourth-order valence-electron chi connectivity index (χ4n) is 3.08. The molecule has 2 heterocycles. The Morgan fingerprint density at radius 2 is 2.19 bits per heavy atom. The summed E-state index contributed by atoms with van der Waals surface area (Å²) in [4.78, 5) is 33.8. The van der Waals surface area contributed by atoms with E-state index in [0.717, 1.165) is 0 Å². The van der Waals surface area contributed by atoms with Crippen molar-refractivity contribution in [3.05, 3.63) is 36.0 Å². The Morgan fingerprint density at radius 3 is 2.85 bits per heavy atom. The molecule has 1 aromatic heterocycles. The average molecular weight is 370 g/mol. The fraction of sp³-hybridized carbons (Fsp3) is 0.368. The molecule has 1 fully saturated rings. The number of carboxylic acids is 1. The Hall–Kier alpha value is -3.16. The smallest absolute Gasteiger partial charge is 0.339 e. The van der Waals surface area contributed by atoms with E-state index in [1.54, 1.807) is 36.2 Å². The monoisotopic (exact) mass is 370 g/mol. The highest BCUT2D eigenvalue weighted by Gasteiger charge is 2.28. The van der Waals surface area contributed by atoms with Crippen molar-refractivity contribution in [2.75, 3.05) is 25.0 Å². The minimum absolute atomic E-state index is 0.0392. The van der Waals surface area contributed by atoms with Crippen LogP contribution < -0.4 is 10.1 Å². The topological polar surface area (TPSA) is 105 Å². The molecule has 1 aliphatic heterocycles. The number of carboxylic acid groups (broad SMARTS) is 1. The van der Waals surface area contributed by atoms with Crippen LogP contribution in [0.2, 0.25) is 0 Å². The van der Waals surface area contributed by atoms with Gasteiger partial charge in [-0.1, -0.05) is 0 Å². The van der Waals surface area contributed by atoms with Crippen LogP contribution in [0.4, 0.5) is 5.95 Å². The van der Waals surface area contributed by atoms with Crippen LogP contribution in [0.1, 0.15) is 30.6 Å². The van der Waals surface area contributed by atoms with Crippen LogP contribution >= 0.6 is 0 Å². The molecule has 3 rings (SSSR count). The summed E-state index contributed by atoms with van der Waals surface area (Å²) < 4.78 is 5.37. The second kappa shape index (κ2) is 8.03. The molecule has 0 spiro atoms. The number of aromatic nitrogens is 2. The molecule has 142 valence electrons. The van der Waals surface area contributed by atoms with E-state index in [2.05, 4.69) is 15.3 Å². The number of ether oxygens (including phenoxy) is 1. The van der Waals surface area contributed by atoms with Gasteiger partial charge in [0.1, 0.15) is 11.3 Å². The van der Waals surface area contributed by atoms with Crippen molar-refractivity contribution in [1.82, 2.24) is 14.9 Å². The first-order valence-corrected chi connectivity index (χ1v) is 8.89. The minimum atomic E-state index is -1.06. The number of hydrogen-bond acceptors (Lipinski definition) is 6. The Morgan fingerprint density at radius 1 is 1.37 bits per heavy atom. The maximum Gasteiger partial charge on any atom is 0.339 e. The van der Waals surface area contributed by atoms with E-state index in [9.17, 15) is 14.7 Å². The predicted octanol–water partition coefficient (Wildman–Crippen LogP) is 2.27. The summed E-state index contributed by atoms with van der Waals surface area (Å²) in [5.74, 6) is -0.208. The van der Waals surface area contributed by atoms with Gasteiger partial charge in [-0.25, -0.2) is 14.8 Å². The first-order valence-electron chi connectivity index (χ1n) is 8.89. The normalized spacial score (nSPS) is 16.4. The highest BCUT2D eigenvalue weighted by molar-refractivity contribution is 5.92. The molecule has 8 heteroatoms. The van der Waals surface area contributed by atoms with Crippen molar-refractivity contribution in [3.63, 3.8) is 0 Å². The fourth-order valence-corrected chi connectivity index (χ4v) is 3.08. The number of carbonyl (C=O) groups excluding carboxylic acids is 1. The highest BCUT2D eigenvalue weighted by atomic mass is 16.5. The molecule has 1 aromatic carbocycles. The third kappa shape index (κ3) is 4.16. The van der Waals surface area contributed by atoms with Gasteiger partial charge in [0.2, 0.25) is 11.9 Å². The Labute approximate surface area is 157 Å². The van der Waals surface area contributed by atoms with E-state index in [1.807, 2.05) is 6.92 Å². The van der Waals surface area contributed by atoms with Crippen LogP contribution in [0, 0.1) is 0 Å². The van der Waals surface area contributed by atoms with Crippen LogP contribution in [0.25, 0.3) is 11.3 Å². The molecule has 1 saturated heterocycles. The van der Waals surface area contributed by atoms with Gasteiger partial charge in [-0.15, -0.1) is 0 Å². The average Bonchev–Trinajstić information content (AvgIpc) is 3.01. The lowest BCUT2D eigenvalue weighted by Gasteiger charge is -2.15. The summed E-state index contributed by atoms with van der Waals surface area (Å²) >= 11 is 0. The SMILES string of the molecule is CCOc1ccc(-c2ccnc(NC3CC(=O)N(CC)C3)n2)cc1C(=O)O. The first-order chi connectivity index (χ1) is 13.0. The van der Waals surface area contributed by atoms with Crippen molar-refractivity contribution in [1.29, 1.82) is 0 Å². The van der Waals surface area contributed by atoms with E-state index in [0.29, 0.717) is 49.1 Å². The summed E-state index contributed by atoms with van der Waals surface area (Å²) in [5.41, 5.74) is 1.33. The van der Waals surface area contributed by atoms with Crippen molar-refractivity contribution >= 4 is 17.8 Å². The van der Waals surface area contributed by atoms with Crippen LogP contribution in [0.15, 0.2) is 30.5 Å². The summed E-state index contributed by atoms with van der Waals surface area (Å²) in [5, 5.41) is 12.6. The third-order valence-electron chi connectivity index (χ3n) is 4.39. The first kappa shape index (κ1) is 18.6. The number of rotatable bonds is 7. The minimum Gasteiger partial charge on any atom is -0.493 e. The van der Waals surface area contributed by atoms with E-state index in [-0.39, 0.29) is 17.5 Å². The van der Waals surface area contributed by atoms with Gasteiger partial charge in [0.05, 0.1) is 18.3 Å². The molecule has 1 aliphatic rings. The number of amides is 1. The van der Waals surface area contributed by atoms with Crippen molar-refractivity contribution in [3.8, 4) is 17.0 Å². The van der Waals surface area contributed by atoms with Crippen molar-refractivity contribution in [2.24, 2.45) is 0 Å². The van der Waals surface area contributed by atoms with Gasteiger partial charge in [0.25, 0.3) is 0 Å². The van der Waals surface area contributed by atoms with E-state index in [4.69, 9.17) is 4.74 Å². The molecule has 0 aliphatic carbocycles. The molecular formula is C19H22N4O4. The molecule has 1 unspecified atom stereocenters. The number of hydrogen-bond donors (Lipinski definition) is 2. The van der Waals surface area contributed by atoms with Gasteiger partial charge in [0, 0.05) is 31.3 Å². The number of nitrogens with zero attached hydrogens (tertiary/aromatic N) is 3. The zero-order valence-electron chi connectivity index (χ0n) is 15.3. The standard InChI is InChI=1S/C19H22N4O4/c1-3-23-11-13(10-17(23)24)21-19-20-8-7-15(22-19)12-5-6-16(27-4-2)14(9-12)18(25)26/h5-9,13H,3-4,10-11H2,1-2H3,(H,25,26)(H,20,21,22). The molecule has 1 amide bonds. The number of nitrogens with one attached hydrogen (secondary N) is 1. The van der Waals surface area contributed by atoms with Crippen molar-refractivity contribution in [2.45, 2.75) is 26.3 Å². The van der Waals surface area contributed by atoms with E-state index >= 15 is 0 Å². The van der Waals surface area contributed by atoms with Crippen LogP contribution in [-0.4, -0.2) is 57.6 Å². The van der Waals surface area contributed by atoms with Gasteiger partial charge < -0.3 is 20.1 Å². The lowest BCUT2D eigenvalue weighted by molar-refractivity contribution is -0.127. The number of benzene rings is 1. The zero-order valence-corrected chi connectivity index (χ0v) is 15.3. The van der Waals surface area contributed by atoms with E-state index < -0.39 is 5.97 Å². The molecular weight excluding hydrogens is 348 g/mol. The van der Waals surface area contributed by atoms with Gasteiger partial charge in [-0.3, -0.25) is 4.79 Å². The lowest BCUT2D eigenvalue weighted by Crippen LogP contribution is -2.28. The lowest BCUT2D eigenvalue weighted by atomic mass is 10.1. The molecule has 0 radical (unpaired) electrons. The Kier molecular flexibility index (Phi) is 5.54. The Balaban J connectivity index is 1.82. The Bertz CT molecular complexity index is 855. The molecule has 2 N–H and O–H groups in total. The van der Waals surface area contributed by atoms with Gasteiger partial charge in [0.15, 0.2) is 0 Å². The number of carbonyl (C=O) groups is 2. The van der Waals surface area contributed by atoms with Crippen LogP contribution in [0.5, 0.6) is 5.75 Å². The summed E-state index contributed by atoms with van der Waals surface area (Å²) in [6.07, 6.45) is 2.02. The number of likely N-dealkylation sites (N-methyl/N-ethyl adjacent to an activating group) is 1. The summed E-state index contributed by atoms with van der Waals surface area (Å²) in [7, 11) is 0. The van der Waals surface area contributed by atoms with E-state index in [1.165, 1.54) is 6.07 Å². The largest absolute Gasteiger partial charge is 0.493 e. The van der Waals surface area contributed by atoms with Gasteiger partial charge >= 0.3 is 5.97 Å². The number of likely N-dealkylation sites (tertiary alicyclic amines) is 1. The second-order valence-corrected chi connectivity index (χ2v) is 6.19. The maximum absolute atomic E-state index is 11.9. The number of anilines is 1. The second-order valence-electron chi connectivity index (χ2n) is 6.19. The zero-order chi connectivity index (χ0) is 19.4. The maximum atomic E-state index is 11.9. The third-order valence-corrected chi connectivity index (χ3v) is 4.39. The molecule has 2 aromatic rings. The molecule has 8 nitrogen and oxygen atoms in total. The van der Waals surface area contributed by atoms with Gasteiger partial charge in [-0.2, -0.15) is 0 Å². The molecule has 1 atom stereocenters. The van der Waals surface area contributed by atoms with Gasteiger partial charge in [-0.05, 0) is 38.1 Å². The predicted molar refractivity (Wildman–Crippen MR) is 99.9 cm³/mol.